The Balaban J connectivity index is 2.13. The van der Waals surface area contributed by atoms with Crippen LogP contribution >= 0.6 is 0 Å². The first-order valence-corrected chi connectivity index (χ1v) is 4.37. The van der Waals surface area contributed by atoms with E-state index in [1.165, 1.54) is 12.8 Å². The lowest BCUT2D eigenvalue weighted by Gasteiger charge is -2.24. The number of aromatic nitrogens is 2. The number of nitrogens with one attached hydrogen (secondary N) is 1. The molecule has 1 fully saturated rings. The lowest BCUT2D eigenvalue weighted by Crippen LogP contribution is -2.31. The van der Waals surface area contributed by atoms with Crippen molar-refractivity contribution in [2.24, 2.45) is 0 Å². The third-order valence-corrected chi connectivity index (χ3v) is 2.36. The van der Waals surface area contributed by atoms with Crippen LogP contribution in [0.1, 0.15) is 18.9 Å². The van der Waals surface area contributed by atoms with Gasteiger partial charge in [0, 0.05) is 25.0 Å². The highest BCUT2D eigenvalue weighted by atomic mass is 15.2. The van der Waals surface area contributed by atoms with Crippen molar-refractivity contribution in [2.45, 2.75) is 18.9 Å². The van der Waals surface area contributed by atoms with Gasteiger partial charge in [-0.05, 0) is 19.4 Å². The number of piperidine rings is 1. The van der Waals surface area contributed by atoms with Gasteiger partial charge < -0.3 is 15.6 Å². The maximum atomic E-state index is 5.70. The summed E-state index contributed by atoms with van der Waals surface area (Å²) in [4.78, 5) is 4.00. The fourth-order valence-electron chi connectivity index (χ4n) is 1.70. The van der Waals surface area contributed by atoms with Gasteiger partial charge in [-0.3, -0.25) is 0 Å². The summed E-state index contributed by atoms with van der Waals surface area (Å²) in [6.07, 6.45) is 6.13. The van der Waals surface area contributed by atoms with Crippen LogP contribution in [0.2, 0.25) is 0 Å². The molecule has 0 amide bonds. The van der Waals surface area contributed by atoms with Crippen molar-refractivity contribution in [3.05, 3.63) is 12.4 Å². The summed E-state index contributed by atoms with van der Waals surface area (Å²) >= 11 is 0. The van der Waals surface area contributed by atoms with Crippen molar-refractivity contribution >= 4 is 5.95 Å². The van der Waals surface area contributed by atoms with Crippen LogP contribution in [0.5, 0.6) is 0 Å². The molecule has 0 aromatic carbocycles. The van der Waals surface area contributed by atoms with Gasteiger partial charge in [-0.1, -0.05) is 0 Å². The van der Waals surface area contributed by atoms with E-state index in [4.69, 9.17) is 5.73 Å². The quantitative estimate of drug-likeness (QED) is 0.634. The third kappa shape index (κ3) is 1.30. The Labute approximate surface area is 71.8 Å². The normalized spacial score (nSPS) is 24.2. The molecule has 66 valence electrons. The lowest BCUT2D eigenvalue weighted by atomic mass is 10.1. The number of nitrogen functional groups attached to an aromatic ring is 1. The van der Waals surface area contributed by atoms with Crippen LogP contribution < -0.4 is 11.1 Å². The topological polar surface area (TPSA) is 55.9 Å². The summed E-state index contributed by atoms with van der Waals surface area (Å²) in [5.74, 6) is 0.628. The van der Waals surface area contributed by atoms with E-state index in [-0.39, 0.29) is 0 Å². The summed E-state index contributed by atoms with van der Waals surface area (Å²) in [5, 5.41) is 3.35. The third-order valence-electron chi connectivity index (χ3n) is 2.36. The Morgan fingerprint density at radius 2 is 2.58 bits per heavy atom. The Hall–Kier alpha value is -1.03. The Morgan fingerprint density at radius 3 is 3.17 bits per heavy atom. The van der Waals surface area contributed by atoms with E-state index in [1.807, 2.05) is 10.8 Å². The minimum absolute atomic E-state index is 0.501. The molecule has 1 saturated heterocycles. The summed E-state index contributed by atoms with van der Waals surface area (Å²) in [7, 11) is 0. The number of nitrogens with two attached hydrogens (primary N) is 1. The molecule has 0 aliphatic carbocycles. The summed E-state index contributed by atoms with van der Waals surface area (Å²) in [6.45, 7) is 2.14. The molecule has 3 N–H and O–H groups in total. The fraction of sp³-hybridized carbons (Fsp3) is 0.625. The van der Waals surface area contributed by atoms with E-state index in [9.17, 15) is 0 Å². The molecule has 0 radical (unpaired) electrons. The second-order valence-corrected chi connectivity index (χ2v) is 3.19. The second kappa shape index (κ2) is 3.15. The molecule has 1 aliphatic rings. The monoisotopic (exact) mass is 166 g/mol. The maximum absolute atomic E-state index is 5.70. The van der Waals surface area contributed by atoms with Crippen molar-refractivity contribution in [3.63, 3.8) is 0 Å². The number of nitrogens with zero attached hydrogens (tertiary/aromatic N) is 2. The number of hydrogen-bond donors (Lipinski definition) is 2. The first kappa shape index (κ1) is 7.61. The van der Waals surface area contributed by atoms with Crippen LogP contribution in [0.4, 0.5) is 5.95 Å². The van der Waals surface area contributed by atoms with E-state index in [2.05, 4.69) is 10.3 Å². The molecule has 1 unspecified atom stereocenters. The lowest BCUT2D eigenvalue weighted by molar-refractivity contribution is 0.375. The second-order valence-electron chi connectivity index (χ2n) is 3.19. The van der Waals surface area contributed by atoms with Crippen molar-refractivity contribution in [3.8, 4) is 0 Å². The first-order chi connectivity index (χ1) is 5.88. The van der Waals surface area contributed by atoms with E-state index in [0.29, 0.717) is 12.0 Å². The zero-order valence-corrected chi connectivity index (χ0v) is 7.03. The predicted molar refractivity (Wildman–Crippen MR) is 47.8 cm³/mol. The van der Waals surface area contributed by atoms with Gasteiger partial charge >= 0.3 is 0 Å². The minimum Gasteiger partial charge on any atom is -0.369 e. The highest BCUT2D eigenvalue weighted by Gasteiger charge is 2.15. The summed E-state index contributed by atoms with van der Waals surface area (Å²) < 4.78 is 2.05. The van der Waals surface area contributed by atoms with E-state index < -0.39 is 0 Å². The minimum atomic E-state index is 0.501. The van der Waals surface area contributed by atoms with E-state index >= 15 is 0 Å². The van der Waals surface area contributed by atoms with Gasteiger partial charge in [0.15, 0.2) is 5.95 Å². The van der Waals surface area contributed by atoms with Gasteiger partial charge in [0.25, 0.3) is 0 Å². The highest BCUT2D eigenvalue weighted by Crippen LogP contribution is 2.18. The molecule has 1 aromatic rings. The van der Waals surface area contributed by atoms with Gasteiger partial charge in [-0.15, -0.1) is 0 Å². The van der Waals surface area contributed by atoms with Gasteiger partial charge in [-0.25, -0.2) is 4.98 Å². The van der Waals surface area contributed by atoms with Crippen molar-refractivity contribution in [1.82, 2.24) is 14.9 Å². The molecule has 1 atom stereocenters. The Bertz CT molecular complexity index is 249. The first-order valence-electron chi connectivity index (χ1n) is 4.37. The molecular weight excluding hydrogens is 152 g/mol. The molecule has 2 heterocycles. The van der Waals surface area contributed by atoms with E-state index in [1.54, 1.807) is 6.20 Å². The van der Waals surface area contributed by atoms with Crippen LogP contribution in [-0.2, 0) is 0 Å². The molecule has 0 spiro atoms. The molecule has 4 nitrogen and oxygen atoms in total. The molecular formula is C8H14N4. The van der Waals surface area contributed by atoms with Crippen molar-refractivity contribution in [1.29, 1.82) is 0 Å². The van der Waals surface area contributed by atoms with E-state index in [0.717, 1.165) is 13.1 Å². The molecule has 1 aliphatic heterocycles. The van der Waals surface area contributed by atoms with Gasteiger partial charge in [-0.2, -0.15) is 0 Å². The van der Waals surface area contributed by atoms with Gasteiger partial charge in [0.2, 0.25) is 0 Å². The number of rotatable bonds is 1. The molecule has 0 bridgehead atoms. The zero-order chi connectivity index (χ0) is 8.39. The smallest absolute Gasteiger partial charge is 0.200 e. The average molecular weight is 166 g/mol. The fourth-order valence-corrected chi connectivity index (χ4v) is 1.70. The molecule has 0 saturated carbocycles. The Kier molecular flexibility index (Phi) is 1.99. The van der Waals surface area contributed by atoms with Crippen LogP contribution in [0, 0.1) is 0 Å². The predicted octanol–water partition coefficient (Wildman–Crippen LogP) is 0.390. The zero-order valence-electron chi connectivity index (χ0n) is 7.03. The standard InChI is InChI=1S/C8H14N4/c9-8-11-4-5-12(8)7-2-1-3-10-6-7/h4-5,7,10H,1-3,6H2,(H2,9,11). The van der Waals surface area contributed by atoms with Gasteiger partial charge in [0.05, 0.1) is 0 Å². The Morgan fingerprint density at radius 1 is 1.67 bits per heavy atom. The van der Waals surface area contributed by atoms with Crippen LogP contribution in [0.15, 0.2) is 12.4 Å². The summed E-state index contributed by atoms with van der Waals surface area (Å²) in [5.41, 5.74) is 5.70. The average Bonchev–Trinajstić information content (AvgIpc) is 2.53. The highest BCUT2D eigenvalue weighted by molar-refractivity contribution is 5.18. The number of anilines is 1. The van der Waals surface area contributed by atoms with Gasteiger partial charge in [0.1, 0.15) is 0 Å². The molecule has 12 heavy (non-hydrogen) atoms. The van der Waals surface area contributed by atoms with Crippen LogP contribution in [0.25, 0.3) is 0 Å². The van der Waals surface area contributed by atoms with Crippen molar-refractivity contribution in [2.75, 3.05) is 18.8 Å². The number of hydrogen-bond acceptors (Lipinski definition) is 3. The van der Waals surface area contributed by atoms with Crippen LogP contribution in [0.3, 0.4) is 0 Å². The molecule has 2 rings (SSSR count). The summed E-state index contributed by atoms with van der Waals surface area (Å²) in [6, 6.07) is 0.501. The van der Waals surface area contributed by atoms with Crippen LogP contribution in [-0.4, -0.2) is 22.6 Å². The largest absolute Gasteiger partial charge is 0.369 e. The SMILES string of the molecule is Nc1nccn1C1CCCNC1. The molecule has 1 aromatic heterocycles. The number of imidazole rings is 1. The molecule has 4 heteroatoms. The maximum Gasteiger partial charge on any atom is 0.200 e. The van der Waals surface area contributed by atoms with Crippen molar-refractivity contribution < 1.29 is 0 Å².